The second-order valence-electron chi connectivity index (χ2n) is 6.24. The SMILES string of the molecule is CCCN(CCC)S(=O)(=O)c1ccc(C(=O)NCc2cccc(Cl)c2)cc1. The number of hydrogen-bond donors (Lipinski definition) is 1. The topological polar surface area (TPSA) is 66.5 Å². The Labute approximate surface area is 166 Å². The zero-order chi connectivity index (χ0) is 19.9. The van der Waals surface area contributed by atoms with Gasteiger partial charge in [-0.1, -0.05) is 37.6 Å². The van der Waals surface area contributed by atoms with Crippen LogP contribution in [0.25, 0.3) is 0 Å². The summed E-state index contributed by atoms with van der Waals surface area (Å²) in [5.41, 5.74) is 1.30. The Balaban J connectivity index is 2.08. The van der Waals surface area contributed by atoms with Gasteiger partial charge in [0.1, 0.15) is 0 Å². The molecule has 0 aliphatic heterocycles. The van der Waals surface area contributed by atoms with Crippen molar-refractivity contribution in [3.63, 3.8) is 0 Å². The molecule has 0 bridgehead atoms. The summed E-state index contributed by atoms with van der Waals surface area (Å²) in [7, 11) is -3.54. The van der Waals surface area contributed by atoms with Gasteiger partial charge in [0.15, 0.2) is 0 Å². The van der Waals surface area contributed by atoms with E-state index in [0.29, 0.717) is 30.2 Å². The third kappa shape index (κ3) is 5.79. The quantitative estimate of drug-likeness (QED) is 0.679. The highest BCUT2D eigenvalue weighted by molar-refractivity contribution is 7.89. The second-order valence-corrected chi connectivity index (χ2v) is 8.62. The van der Waals surface area contributed by atoms with Crippen molar-refractivity contribution in [1.82, 2.24) is 9.62 Å². The number of amides is 1. The van der Waals surface area contributed by atoms with Crippen LogP contribution in [0.3, 0.4) is 0 Å². The first kappa shape index (κ1) is 21.4. The molecule has 0 spiro atoms. The number of halogens is 1. The molecule has 0 saturated carbocycles. The van der Waals surface area contributed by atoms with E-state index in [-0.39, 0.29) is 10.8 Å². The summed E-state index contributed by atoms with van der Waals surface area (Å²) >= 11 is 5.93. The smallest absolute Gasteiger partial charge is 0.251 e. The van der Waals surface area contributed by atoms with E-state index in [1.54, 1.807) is 12.1 Å². The maximum absolute atomic E-state index is 12.7. The summed E-state index contributed by atoms with van der Waals surface area (Å²) in [5, 5.41) is 3.42. The van der Waals surface area contributed by atoms with Crippen molar-refractivity contribution in [2.45, 2.75) is 38.1 Å². The lowest BCUT2D eigenvalue weighted by Gasteiger charge is -2.21. The van der Waals surface area contributed by atoms with Crippen LogP contribution in [0.2, 0.25) is 5.02 Å². The fraction of sp³-hybridized carbons (Fsp3) is 0.350. The highest BCUT2D eigenvalue weighted by atomic mass is 35.5. The summed E-state index contributed by atoms with van der Waals surface area (Å²) in [6, 6.07) is 13.3. The predicted octanol–water partition coefficient (Wildman–Crippen LogP) is 4.08. The molecule has 5 nitrogen and oxygen atoms in total. The summed E-state index contributed by atoms with van der Waals surface area (Å²) in [4.78, 5) is 12.5. The van der Waals surface area contributed by atoms with E-state index in [1.165, 1.54) is 28.6 Å². The van der Waals surface area contributed by atoms with Crippen LogP contribution >= 0.6 is 11.6 Å². The zero-order valence-electron chi connectivity index (χ0n) is 15.6. The number of carbonyl (C=O) groups is 1. The average molecular weight is 409 g/mol. The van der Waals surface area contributed by atoms with Crippen molar-refractivity contribution in [3.05, 3.63) is 64.7 Å². The molecule has 0 saturated heterocycles. The van der Waals surface area contributed by atoms with E-state index in [4.69, 9.17) is 11.6 Å². The van der Waals surface area contributed by atoms with E-state index < -0.39 is 10.0 Å². The van der Waals surface area contributed by atoms with Gasteiger partial charge < -0.3 is 5.32 Å². The number of carbonyl (C=O) groups excluding carboxylic acids is 1. The van der Waals surface area contributed by atoms with Gasteiger partial charge >= 0.3 is 0 Å². The summed E-state index contributed by atoms with van der Waals surface area (Å²) in [5.74, 6) is -0.266. The highest BCUT2D eigenvalue weighted by Crippen LogP contribution is 2.17. The second kappa shape index (κ2) is 9.88. The van der Waals surface area contributed by atoms with Gasteiger partial charge in [-0.2, -0.15) is 4.31 Å². The number of benzene rings is 2. The molecule has 0 aliphatic rings. The molecule has 2 aromatic rings. The first-order valence-electron chi connectivity index (χ1n) is 9.01. The average Bonchev–Trinajstić information content (AvgIpc) is 2.66. The number of hydrogen-bond acceptors (Lipinski definition) is 3. The Morgan fingerprint density at radius 2 is 1.67 bits per heavy atom. The molecule has 0 fully saturated rings. The Morgan fingerprint density at radius 3 is 2.22 bits per heavy atom. The van der Waals surface area contributed by atoms with E-state index in [9.17, 15) is 13.2 Å². The third-order valence-electron chi connectivity index (χ3n) is 4.04. The number of nitrogens with zero attached hydrogens (tertiary/aromatic N) is 1. The van der Waals surface area contributed by atoms with Crippen LogP contribution in [-0.4, -0.2) is 31.7 Å². The fourth-order valence-electron chi connectivity index (χ4n) is 2.71. The maximum Gasteiger partial charge on any atom is 0.251 e. The van der Waals surface area contributed by atoms with Gasteiger partial charge in [0.25, 0.3) is 5.91 Å². The number of sulfonamides is 1. The van der Waals surface area contributed by atoms with Gasteiger partial charge in [-0.05, 0) is 54.8 Å². The number of nitrogens with one attached hydrogen (secondary N) is 1. The highest BCUT2D eigenvalue weighted by Gasteiger charge is 2.23. The van der Waals surface area contributed by atoms with Gasteiger partial charge in [0, 0.05) is 30.2 Å². The van der Waals surface area contributed by atoms with Crippen molar-refractivity contribution in [3.8, 4) is 0 Å². The molecule has 27 heavy (non-hydrogen) atoms. The van der Waals surface area contributed by atoms with Crippen molar-refractivity contribution in [2.24, 2.45) is 0 Å². The monoisotopic (exact) mass is 408 g/mol. The van der Waals surface area contributed by atoms with Crippen LogP contribution in [0.4, 0.5) is 0 Å². The van der Waals surface area contributed by atoms with E-state index in [2.05, 4.69) is 5.32 Å². The van der Waals surface area contributed by atoms with Gasteiger partial charge in [0.05, 0.1) is 4.90 Å². The van der Waals surface area contributed by atoms with Gasteiger partial charge in [-0.25, -0.2) is 8.42 Å². The predicted molar refractivity (Wildman–Crippen MR) is 108 cm³/mol. The van der Waals surface area contributed by atoms with E-state index >= 15 is 0 Å². The lowest BCUT2D eigenvalue weighted by atomic mass is 10.2. The minimum Gasteiger partial charge on any atom is -0.348 e. The lowest BCUT2D eigenvalue weighted by molar-refractivity contribution is 0.0951. The zero-order valence-corrected chi connectivity index (χ0v) is 17.2. The fourth-order valence-corrected chi connectivity index (χ4v) is 4.55. The first-order valence-corrected chi connectivity index (χ1v) is 10.8. The summed E-state index contributed by atoms with van der Waals surface area (Å²) in [6.45, 7) is 5.22. The molecule has 0 aliphatic carbocycles. The van der Waals surface area contributed by atoms with Crippen LogP contribution in [0.1, 0.15) is 42.6 Å². The largest absolute Gasteiger partial charge is 0.348 e. The minimum absolute atomic E-state index is 0.204. The molecule has 2 rings (SSSR count). The lowest BCUT2D eigenvalue weighted by Crippen LogP contribution is -2.32. The number of rotatable bonds is 9. The summed E-state index contributed by atoms with van der Waals surface area (Å²) < 4.78 is 27.0. The first-order chi connectivity index (χ1) is 12.9. The molecule has 1 N–H and O–H groups in total. The van der Waals surface area contributed by atoms with Crippen molar-refractivity contribution in [1.29, 1.82) is 0 Å². The molecule has 0 heterocycles. The Hall–Kier alpha value is -1.89. The van der Waals surface area contributed by atoms with Crippen LogP contribution < -0.4 is 5.32 Å². The molecule has 7 heteroatoms. The maximum atomic E-state index is 12.7. The molecule has 0 radical (unpaired) electrons. The minimum atomic E-state index is -3.54. The summed E-state index contributed by atoms with van der Waals surface area (Å²) in [6.07, 6.45) is 1.51. The third-order valence-corrected chi connectivity index (χ3v) is 6.19. The molecular weight excluding hydrogens is 384 g/mol. The van der Waals surface area contributed by atoms with E-state index in [0.717, 1.165) is 18.4 Å². The van der Waals surface area contributed by atoms with Crippen molar-refractivity contribution in [2.75, 3.05) is 13.1 Å². The molecule has 0 unspecified atom stereocenters. The Morgan fingerprint density at radius 1 is 1.04 bits per heavy atom. The molecule has 0 atom stereocenters. The van der Waals surface area contributed by atoms with Crippen molar-refractivity contribution < 1.29 is 13.2 Å². The molecular formula is C20H25ClN2O3S. The van der Waals surface area contributed by atoms with Gasteiger partial charge in [0.2, 0.25) is 10.0 Å². The molecule has 146 valence electrons. The van der Waals surface area contributed by atoms with Gasteiger partial charge in [-0.15, -0.1) is 0 Å². The van der Waals surface area contributed by atoms with Crippen LogP contribution in [0.15, 0.2) is 53.4 Å². The molecule has 0 aromatic heterocycles. The standard InChI is InChI=1S/C20H25ClN2O3S/c1-3-12-23(13-4-2)27(25,26)19-10-8-17(9-11-19)20(24)22-15-16-6-5-7-18(21)14-16/h5-11,14H,3-4,12-13,15H2,1-2H3,(H,22,24). The Kier molecular flexibility index (Phi) is 7.83. The molecule has 2 aromatic carbocycles. The van der Waals surface area contributed by atoms with Crippen LogP contribution in [0.5, 0.6) is 0 Å². The van der Waals surface area contributed by atoms with Crippen molar-refractivity contribution >= 4 is 27.5 Å². The molecule has 1 amide bonds. The van der Waals surface area contributed by atoms with Crippen LogP contribution in [0, 0.1) is 0 Å². The van der Waals surface area contributed by atoms with Crippen LogP contribution in [-0.2, 0) is 16.6 Å². The Bertz CT molecular complexity index is 861. The normalized spacial score (nSPS) is 11.6. The van der Waals surface area contributed by atoms with Gasteiger partial charge in [-0.3, -0.25) is 4.79 Å². The van der Waals surface area contributed by atoms with E-state index in [1.807, 2.05) is 26.0 Å².